The van der Waals surface area contributed by atoms with Crippen molar-refractivity contribution in [3.05, 3.63) is 28.3 Å². The second-order valence-corrected chi connectivity index (χ2v) is 4.45. The predicted molar refractivity (Wildman–Crippen MR) is 65.2 cm³/mol. The zero-order valence-corrected chi connectivity index (χ0v) is 10.4. The van der Waals surface area contributed by atoms with Crippen molar-refractivity contribution in [2.24, 2.45) is 5.73 Å². The van der Waals surface area contributed by atoms with Crippen LogP contribution in [0, 0.1) is 0 Å². The minimum absolute atomic E-state index is 0.200. The van der Waals surface area contributed by atoms with Crippen LogP contribution in [-0.2, 0) is 12.8 Å². The molecule has 0 saturated carbocycles. The fourth-order valence-corrected chi connectivity index (χ4v) is 2.13. The van der Waals surface area contributed by atoms with E-state index in [4.69, 9.17) is 10.3 Å². The average Bonchev–Trinajstić information content (AvgIpc) is 3.00. The van der Waals surface area contributed by atoms with Gasteiger partial charge in [0, 0.05) is 24.8 Å². The van der Waals surface area contributed by atoms with Crippen LogP contribution in [-0.4, -0.2) is 34.1 Å². The van der Waals surface area contributed by atoms with E-state index in [1.807, 2.05) is 0 Å². The van der Waals surface area contributed by atoms with Crippen molar-refractivity contribution in [3.8, 4) is 0 Å². The molecule has 0 aliphatic rings. The second-order valence-electron chi connectivity index (χ2n) is 3.51. The Bertz CT molecular complexity index is 496. The molecule has 0 aliphatic carbocycles. The summed E-state index contributed by atoms with van der Waals surface area (Å²) in [6.45, 7) is 0.969. The number of nitrogens with one attached hydrogen (secondary N) is 1. The predicted octanol–water partition coefficient (Wildman–Crippen LogP) is -0.000200. The summed E-state index contributed by atoms with van der Waals surface area (Å²) >= 11 is 1.44. The fraction of sp³-hybridized carbons (Fsp3) is 0.400. The highest BCUT2D eigenvalue weighted by Crippen LogP contribution is 2.09. The molecule has 96 valence electrons. The molecule has 0 atom stereocenters. The highest BCUT2D eigenvalue weighted by atomic mass is 32.1. The molecule has 2 aromatic rings. The smallest absolute Gasteiger partial charge is 0.270 e. The Morgan fingerprint density at radius 1 is 1.50 bits per heavy atom. The zero-order chi connectivity index (χ0) is 12.8. The van der Waals surface area contributed by atoms with E-state index in [1.165, 1.54) is 17.7 Å². The van der Waals surface area contributed by atoms with E-state index < -0.39 is 0 Å². The first-order valence-corrected chi connectivity index (χ1v) is 6.36. The lowest BCUT2D eigenvalue weighted by Crippen LogP contribution is -2.26. The van der Waals surface area contributed by atoms with Crippen molar-refractivity contribution in [1.82, 2.24) is 20.4 Å². The molecule has 0 saturated heterocycles. The van der Waals surface area contributed by atoms with Gasteiger partial charge in [-0.3, -0.25) is 4.79 Å². The summed E-state index contributed by atoms with van der Waals surface area (Å²) in [7, 11) is 0. The standard InChI is InChI=1S/C10H13N5O2S/c11-3-1-9-15-7(5-18-9)10(16)12-4-2-8-13-6-14-17-8/h5-6H,1-4,11H2,(H,12,16). The minimum atomic E-state index is -0.200. The van der Waals surface area contributed by atoms with Crippen LogP contribution in [0.4, 0.5) is 0 Å². The molecule has 2 aromatic heterocycles. The fourth-order valence-electron chi connectivity index (χ4n) is 1.33. The van der Waals surface area contributed by atoms with E-state index >= 15 is 0 Å². The molecule has 2 rings (SSSR count). The van der Waals surface area contributed by atoms with Crippen molar-refractivity contribution in [2.45, 2.75) is 12.8 Å². The zero-order valence-electron chi connectivity index (χ0n) is 9.63. The summed E-state index contributed by atoms with van der Waals surface area (Å²) in [6.07, 6.45) is 2.53. The third kappa shape index (κ3) is 3.34. The summed E-state index contributed by atoms with van der Waals surface area (Å²) in [5, 5.41) is 8.82. The molecule has 0 aliphatic heterocycles. The molecule has 0 spiro atoms. The van der Waals surface area contributed by atoms with Gasteiger partial charge in [-0.05, 0) is 6.54 Å². The number of nitrogens with zero attached hydrogens (tertiary/aromatic N) is 3. The third-order valence-electron chi connectivity index (χ3n) is 2.17. The van der Waals surface area contributed by atoms with Gasteiger partial charge in [0.2, 0.25) is 5.89 Å². The SMILES string of the molecule is NCCc1nc(C(=O)NCCc2ncno2)cs1. The van der Waals surface area contributed by atoms with Gasteiger partial charge in [0.05, 0.1) is 5.01 Å². The molecule has 1 amide bonds. The highest BCUT2D eigenvalue weighted by Gasteiger charge is 2.10. The minimum Gasteiger partial charge on any atom is -0.350 e. The van der Waals surface area contributed by atoms with Gasteiger partial charge >= 0.3 is 0 Å². The number of hydrogen-bond acceptors (Lipinski definition) is 7. The number of hydrogen-bond donors (Lipinski definition) is 2. The maximum Gasteiger partial charge on any atom is 0.270 e. The van der Waals surface area contributed by atoms with Gasteiger partial charge in [-0.1, -0.05) is 5.16 Å². The third-order valence-corrected chi connectivity index (χ3v) is 3.08. The Hall–Kier alpha value is -1.80. The number of rotatable bonds is 6. The van der Waals surface area contributed by atoms with Crippen LogP contribution in [0.25, 0.3) is 0 Å². The Kier molecular flexibility index (Phi) is 4.37. The molecular formula is C10H13N5O2S. The first-order chi connectivity index (χ1) is 8.79. The molecule has 0 aromatic carbocycles. The van der Waals surface area contributed by atoms with Crippen molar-refractivity contribution in [1.29, 1.82) is 0 Å². The largest absolute Gasteiger partial charge is 0.350 e. The Morgan fingerprint density at radius 3 is 3.11 bits per heavy atom. The first kappa shape index (κ1) is 12.7. The molecule has 7 nitrogen and oxygen atoms in total. The van der Waals surface area contributed by atoms with Crippen LogP contribution < -0.4 is 11.1 Å². The second kappa shape index (κ2) is 6.22. The van der Waals surface area contributed by atoms with E-state index in [-0.39, 0.29) is 5.91 Å². The average molecular weight is 267 g/mol. The van der Waals surface area contributed by atoms with Gasteiger partial charge in [0.15, 0.2) is 6.33 Å². The molecule has 0 bridgehead atoms. The van der Waals surface area contributed by atoms with Crippen LogP contribution in [0.3, 0.4) is 0 Å². The van der Waals surface area contributed by atoms with Crippen LogP contribution >= 0.6 is 11.3 Å². The van der Waals surface area contributed by atoms with Crippen LogP contribution in [0.15, 0.2) is 16.2 Å². The summed E-state index contributed by atoms with van der Waals surface area (Å²) in [4.78, 5) is 19.8. The summed E-state index contributed by atoms with van der Waals surface area (Å²) in [5.41, 5.74) is 5.85. The number of carbonyl (C=O) groups is 1. The van der Waals surface area contributed by atoms with Gasteiger partial charge in [-0.15, -0.1) is 11.3 Å². The quantitative estimate of drug-likeness (QED) is 0.763. The van der Waals surface area contributed by atoms with E-state index in [0.29, 0.717) is 37.5 Å². The molecule has 18 heavy (non-hydrogen) atoms. The highest BCUT2D eigenvalue weighted by molar-refractivity contribution is 7.09. The number of thiazole rings is 1. The normalized spacial score (nSPS) is 10.5. The van der Waals surface area contributed by atoms with Crippen molar-refractivity contribution in [2.75, 3.05) is 13.1 Å². The lowest BCUT2D eigenvalue weighted by Gasteiger charge is -1.99. The van der Waals surface area contributed by atoms with Crippen molar-refractivity contribution >= 4 is 17.2 Å². The molecule has 2 heterocycles. The lowest BCUT2D eigenvalue weighted by molar-refractivity contribution is 0.0949. The molecule has 0 unspecified atom stereocenters. The Labute approximate surface area is 107 Å². The summed E-state index contributed by atoms with van der Waals surface area (Å²) in [5.74, 6) is 0.298. The van der Waals surface area contributed by atoms with Gasteiger partial charge in [0.25, 0.3) is 5.91 Å². The maximum absolute atomic E-state index is 11.7. The molecule has 3 N–H and O–H groups in total. The van der Waals surface area contributed by atoms with Gasteiger partial charge in [0.1, 0.15) is 5.69 Å². The van der Waals surface area contributed by atoms with Crippen LogP contribution in [0.5, 0.6) is 0 Å². The van der Waals surface area contributed by atoms with E-state index in [1.54, 1.807) is 5.38 Å². The first-order valence-electron chi connectivity index (χ1n) is 5.48. The van der Waals surface area contributed by atoms with Crippen molar-refractivity contribution in [3.63, 3.8) is 0 Å². The summed E-state index contributed by atoms with van der Waals surface area (Å²) in [6, 6.07) is 0. The van der Waals surface area contributed by atoms with E-state index in [9.17, 15) is 4.79 Å². The maximum atomic E-state index is 11.7. The van der Waals surface area contributed by atoms with Crippen LogP contribution in [0.2, 0.25) is 0 Å². The number of aromatic nitrogens is 3. The van der Waals surface area contributed by atoms with Crippen LogP contribution in [0.1, 0.15) is 21.4 Å². The topological polar surface area (TPSA) is 107 Å². The monoisotopic (exact) mass is 267 g/mol. The molecule has 0 fully saturated rings. The molecule has 8 heteroatoms. The Morgan fingerprint density at radius 2 is 2.39 bits per heavy atom. The number of carbonyl (C=O) groups excluding carboxylic acids is 1. The van der Waals surface area contributed by atoms with Gasteiger partial charge in [-0.2, -0.15) is 4.98 Å². The lowest BCUT2D eigenvalue weighted by atomic mass is 10.4. The van der Waals surface area contributed by atoms with Gasteiger partial charge < -0.3 is 15.6 Å². The van der Waals surface area contributed by atoms with E-state index in [2.05, 4.69) is 20.4 Å². The summed E-state index contributed by atoms with van der Waals surface area (Å²) < 4.78 is 4.82. The van der Waals surface area contributed by atoms with E-state index in [0.717, 1.165) is 5.01 Å². The van der Waals surface area contributed by atoms with Crippen molar-refractivity contribution < 1.29 is 9.32 Å². The molecular weight excluding hydrogens is 254 g/mol. The molecule has 0 radical (unpaired) electrons. The number of nitrogens with two attached hydrogens (primary N) is 1. The van der Waals surface area contributed by atoms with Gasteiger partial charge in [-0.25, -0.2) is 4.98 Å². The number of amides is 1. The Balaban J connectivity index is 1.80.